The van der Waals surface area contributed by atoms with Crippen LogP contribution >= 0.6 is 0 Å². The van der Waals surface area contributed by atoms with E-state index in [1.807, 2.05) is 6.08 Å². The first-order chi connectivity index (χ1) is 15.3. The fourth-order valence-corrected chi connectivity index (χ4v) is 4.75. The smallest absolute Gasteiger partial charge is 0.105 e. The molecule has 0 spiro atoms. The molecule has 0 saturated heterocycles. The minimum atomic E-state index is 0.283. The van der Waals surface area contributed by atoms with E-state index < -0.39 is 0 Å². The largest absolute Gasteiger partial charge is 0.320 e. The standard InChI is InChI=1S/C31H56N/c1-7-9-10-11-12-13-14-15-16-17-18-19-20-21-24-27-31(3,4)32(5,6)28-30-26-23-22-25-29(30)8-2/h8,22-23,25-26H,2,7,9-21,24,27-28H2,1,3-6H3/q+1. The number of nitrogens with zero attached hydrogens (tertiary/aromatic N) is 1. The van der Waals surface area contributed by atoms with E-state index in [0.717, 1.165) is 11.0 Å². The highest BCUT2D eigenvalue weighted by molar-refractivity contribution is 5.51. The zero-order chi connectivity index (χ0) is 23.7. The minimum Gasteiger partial charge on any atom is -0.320 e. The van der Waals surface area contributed by atoms with Crippen molar-refractivity contribution in [1.29, 1.82) is 0 Å². The Balaban J connectivity index is 2.10. The molecular formula is C31H56N+. The van der Waals surface area contributed by atoms with E-state index >= 15 is 0 Å². The molecule has 1 rings (SSSR count). The Morgan fingerprint density at radius 2 is 1.16 bits per heavy atom. The normalized spacial score (nSPS) is 12.3. The van der Waals surface area contributed by atoms with Crippen molar-refractivity contribution in [3.63, 3.8) is 0 Å². The highest BCUT2D eigenvalue weighted by atomic mass is 15.4. The summed E-state index contributed by atoms with van der Waals surface area (Å²) in [5.74, 6) is 0. The Labute approximate surface area is 202 Å². The van der Waals surface area contributed by atoms with Gasteiger partial charge in [0.25, 0.3) is 0 Å². The van der Waals surface area contributed by atoms with E-state index in [-0.39, 0.29) is 5.54 Å². The molecule has 0 aliphatic heterocycles. The summed E-state index contributed by atoms with van der Waals surface area (Å²) in [6.07, 6.45) is 24.8. The van der Waals surface area contributed by atoms with Crippen LogP contribution in [0.4, 0.5) is 0 Å². The lowest BCUT2D eigenvalue weighted by Gasteiger charge is -2.45. The summed E-state index contributed by atoms with van der Waals surface area (Å²) in [6, 6.07) is 8.72. The van der Waals surface area contributed by atoms with Crippen LogP contribution in [0.25, 0.3) is 6.08 Å². The third-order valence-corrected chi connectivity index (χ3v) is 7.87. The first kappa shape index (κ1) is 29.0. The minimum absolute atomic E-state index is 0.283. The number of rotatable bonds is 20. The average molecular weight is 443 g/mol. The Kier molecular flexibility index (Phi) is 14.9. The van der Waals surface area contributed by atoms with Gasteiger partial charge in [-0.1, -0.05) is 134 Å². The predicted molar refractivity (Wildman–Crippen MR) is 146 cm³/mol. The van der Waals surface area contributed by atoms with E-state index in [1.54, 1.807) is 0 Å². The Bertz CT molecular complexity index is 598. The molecule has 0 heterocycles. The van der Waals surface area contributed by atoms with Gasteiger partial charge in [-0.25, -0.2) is 0 Å². The third-order valence-electron chi connectivity index (χ3n) is 7.87. The molecule has 0 N–H and O–H groups in total. The molecule has 1 aromatic rings. The summed E-state index contributed by atoms with van der Waals surface area (Å²) in [6.45, 7) is 12.3. The number of hydrogen-bond acceptors (Lipinski definition) is 0. The van der Waals surface area contributed by atoms with Gasteiger partial charge in [-0.15, -0.1) is 0 Å². The second-order valence-corrected chi connectivity index (χ2v) is 11.3. The maximum atomic E-state index is 4.00. The zero-order valence-corrected chi connectivity index (χ0v) is 22.6. The topological polar surface area (TPSA) is 0 Å². The molecule has 1 heteroatoms. The maximum absolute atomic E-state index is 4.00. The molecule has 0 aromatic heterocycles. The van der Waals surface area contributed by atoms with Crippen LogP contribution in [-0.4, -0.2) is 24.1 Å². The summed E-state index contributed by atoms with van der Waals surface area (Å²) < 4.78 is 1.02. The van der Waals surface area contributed by atoms with Crippen molar-refractivity contribution in [2.24, 2.45) is 0 Å². The van der Waals surface area contributed by atoms with Gasteiger partial charge in [0.05, 0.1) is 19.6 Å². The number of hydrogen-bond donors (Lipinski definition) is 0. The van der Waals surface area contributed by atoms with Crippen LogP contribution in [0.1, 0.15) is 135 Å². The lowest BCUT2D eigenvalue weighted by atomic mass is 9.91. The Morgan fingerprint density at radius 3 is 1.62 bits per heavy atom. The Hall–Kier alpha value is -1.08. The molecular weight excluding hydrogens is 386 g/mol. The van der Waals surface area contributed by atoms with Crippen molar-refractivity contribution in [2.75, 3.05) is 14.1 Å². The van der Waals surface area contributed by atoms with Gasteiger partial charge < -0.3 is 4.48 Å². The van der Waals surface area contributed by atoms with Crippen LogP contribution in [0.5, 0.6) is 0 Å². The van der Waals surface area contributed by atoms with Crippen molar-refractivity contribution in [1.82, 2.24) is 0 Å². The van der Waals surface area contributed by atoms with Crippen molar-refractivity contribution >= 4 is 6.08 Å². The van der Waals surface area contributed by atoms with Crippen molar-refractivity contribution < 1.29 is 4.48 Å². The van der Waals surface area contributed by atoms with Crippen LogP contribution in [0.2, 0.25) is 0 Å². The van der Waals surface area contributed by atoms with Gasteiger partial charge in [0, 0.05) is 12.0 Å². The molecule has 0 radical (unpaired) electrons. The summed E-state index contributed by atoms with van der Waals surface area (Å²) in [5, 5.41) is 0. The quantitative estimate of drug-likeness (QED) is 0.139. The monoisotopic (exact) mass is 442 g/mol. The molecule has 32 heavy (non-hydrogen) atoms. The fourth-order valence-electron chi connectivity index (χ4n) is 4.75. The van der Waals surface area contributed by atoms with E-state index in [9.17, 15) is 0 Å². The fraction of sp³-hybridized carbons (Fsp3) is 0.742. The van der Waals surface area contributed by atoms with Crippen molar-refractivity contribution in [3.05, 3.63) is 42.0 Å². The van der Waals surface area contributed by atoms with Crippen LogP contribution in [-0.2, 0) is 6.54 Å². The SMILES string of the molecule is C=Cc1ccccc1C[N+](C)(C)C(C)(C)CCCCCCCCCCCCCCCCC. The maximum Gasteiger partial charge on any atom is 0.105 e. The molecule has 0 fully saturated rings. The van der Waals surface area contributed by atoms with Crippen LogP contribution in [0, 0.1) is 0 Å². The van der Waals surface area contributed by atoms with Gasteiger partial charge in [-0.3, -0.25) is 0 Å². The van der Waals surface area contributed by atoms with E-state index in [4.69, 9.17) is 0 Å². The highest BCUT2D eigenvalue weighted by Crippen LogP contribution is 2.30. The van der Waals surface area contributed by atoms with Gasteiger partial charge in [0.1, 0.15) is 6.54 Å². The lowest BCUT2D eigenvalue weighted by Crippen LogP contribution is -2.55. The average Bonchev–Trinajstić information content (AvgIpc) is 2.76. The Morgan fingerprint density at radius 1 is 0.719 bits per heavy atom. The highest BCUT2D eigenvalue weighted by Gasteiger charge is 2.36. The second kappa shape index (κ2) is 16.5. The third kappa shape index (κ3) is 11.7. The molecule has 0 aliphatic carbocycles. The second-order valence-electron chi connectivity index (χ2n) is 11.3. The zero-order valence-electron chi connectivity index (χ0n) is 22.6. The van der Waals surface area contributed by atoms with Crippen molar-refractivity contribution in [2.45, 2.75) is 136 Å². The molecule has 0 saturated carbocycles. The lowest BCUT2D eigenvalue weighted by molar-refractivity contribution is -0.950. The number of unbranched alkanes of at least 4 members (excludes halogenated alkanes) is 14. The molecule has 0 amide bonds. The van der Waals surface area contributed by atoms with Gasteiger partial charge in [0.2, 0.25) is 0 Å². The summed E-state index contributed by atoms with van der Waals surface area (Å²) in [4.78, 5) is 0. The van der Waals surface area contributed by atoms with Gasteiger partial charge in [-0.05, 0) is 25.8 Å². The first-order valence-corrected chi connectivity index (χ1v) is 13.9. The molecule has 0 aliphatic rings. The molecule has 1 nitrogen and oxygen atoms in total. The molecule has 184 valence electrons. The predicted octanol–water partition coefficient (Wildman–Crippen LogP) is 9.95. The van der Waals surface area contributed by atoms with Gasteiger partial charge in [0.15, 0.2) is 0 Å². The summed E-state index contributed by atoms with van der Waals surface area (Å²) in [7, 11) is 4.79. The molecule has 1 aromatic carbocycles. The van der Waals surface area contributed by atoms with E-state index in [1.165, 1.54) is 114 Å². The van der Waals surface area contributed by atoms with Crippen LogP contribution in [0.15, 0.2) is 30.8 Å². The molecule has 0 bridgehead atoms. The van der Waals surface area contributed by atoms with E-state index in [0.29, 0.717) is 0 Å². The van der Waals surface area contributed by atoms with E-state index in [2.05, 4.69) is 65.7 Å². The van der Waals surface area contributed by atoms with Gasteiger partial charge >= 0.3 is 0 Å². The molecule has 0 atom stereocenters. The number of quaternary nitrogens is 1. The first-order valence-electron chi connectivity index (χ1n) is 13.9. The van der Waals surface area contributed by atoms with Gasteiger partial charge in [-0.2, -0.15) is 0 Å². The summed E-state index contributed by atoms with van der Waals surface area (Å²) in [5.41, 5.74) is 2.98. The molecule has 0 unspecified atom stereocenters. The summed E-state index contributed by atoms with van der Waals surface area (Å²) >= 11 is 0. The number of benzene rings is 1. The van der Waals surface area contributed by atoms with Crippen LogP contribution < -0.4 is 0 Å². The van der Waals surface area contributed by atoms with Crippen molar-refractivity contribution in [3.8, 4) is 0 Å². The van der Waals surface area contributed by atoms with Crippen LogP contribution in [0.3, 0.4) is 0 Å².